The van der Waals surface area contributed by atoms with Crippen LogP contribution in [0, 0.1) is 6.92 Å². The Bertz CT molecular complexity index is 964. The molecule has 0 unspecified atom stereocenters. The number of aryl methyl sites for hydroxylation is 1. The lowest BCUT2D eigenvalue weighted by Gasteiger charge is -2.26. The van der Waals surface area contributed by atoms with Gasteiger partial charge in [0.2, 0.25) is 15.9 Å². The number of amides is 2. The molecule has 1 saturated heterocycles. The quantitative estimate of drug-likeness (QED) is 0.717. The van der Waals surface area contributed by atoms with Crippen molar-refractivity contribution in [3.63, 3.8) is 0 Å². The molecule has 0 bridgehead atoms. The monoisotopic (exact) mass is 419 g/mol. The van der Waals surface area contributed by atoms with Crippen molar-refractivity contribution in [1.82, 2.24) is 9.62 Å². The molecule has 0 spiro atoms. The number of hydrogen-bond donors (Lipinski definition) is 2. The third-order valence-corrected chi connectivity index (χ3v) is 6.71. The van der Waals surface area contributed by atoms with Crippen LogP contribution in [-0.2, 0) is 14.8 Å². The number of rotatable bonds is 7. The normalized spacial score (nSPS) is 15.1. The first-order valence-corrected chi connectivity index (χ1v) is 11.0. The lowest BCUT2D eigenvalue weighted by Crippen LogP contribution is -2.35. The van der Waals surface area contributed by atoms with E-state index in [1.807, 2.05) is 0 Å². The van der Waals surface area contributed by atoms with Gasteiger partial charge < -0.3 is 15.1 Å². The van der Waals surface area contributed by atoms with Gasteiger partial charge in [-0.2, -0.15) is 4.31 Å². The van der Waals surface area contributed by atoms with Gasteiger partial charge in [0.1, 0.15) is 0 Å². The lowest BCUT2D eigenvalue weighted by molar-refractivity contribution is -0.116. The molecule has 0 radical (unpaired) electrons. The van der Waals surface area contributed by atoms with E-state index in [0.29, 0.717) is 18.8 Å². The fourth-order valence-corrected chi connectivity index (χ4v) is 4.69. The Kier molecular flexibility index (Phi) is 6.71. The fraction of sp³-hybridized carbons (Fsp3) is 0.400. The maximum absolute atomic E-state index is 12.9. The van der Waals surface area contributed by atoms with E-state index in [1.165, 1.54) is 22.7 Å². The van der Waals surface area contributed by atoms with Crippen molar-refractivity contribution >= 4 is 27.5 Å². The molecule has 1 fully saturated rings. The van der Waals surface area contributed by atoms with Crippen molar-refractivity contribution in [3.8, 4) is 0 Å². The predicted octanol–water partition coefficient (Wildman–Crippen LogP) is 2.52. The molecule has 2 aromatic rings. The number of nitrogens with zero attached hydrogens (tertiary/aromatic N) is 1. The van der Waals surface area contributed by atoms with Crippen molar-refractivity contribution in [1.29, 1.82) is 0 Å². The van der Waals surface area contributed by atoms with Gasteiger partial charge in [-0.3, -0.25) is 9.59 Å². The summed E-state index contributed by atoms with van der Waals surface area (Å²) in [6.45, 7) is 2.97. The van der Waals surface area contributed by atoms with Crippen LogP contribution in [0.2, 0.25) is 0 Å². The van der Waals surface area contributed by atoms with Crippen LogP contribution < -0.4 is 10.6 Å². The number of carbonyl (C=O) groups is 2. The van der Waals surface area contributed by atoms with Gasteiger partial charge in [-0.25, -0.2) is 8.42 Å². The summed E-state index contributed by atoms with van der Waals surface area (Å²) in [7, 11) is -3.58. The zero-order valence-corrected chi connectivity index (χ0v) is 17.1. The molecule has 2 heterocycles. The van der Waals surface area contributed by atoms with E-state index in [2.05, 4.69) is 10.6 Å². The number of furan rings is 1. The minimum atomic E-state index is -3.58. The van der Waals surface area contributed by atoms with Gasteiger partial charge in [0.15, 0.2) is 5.76 Å². The molecule has 0 saturated carbocycles. The second-order valence-electron chi connectivity index (χ2n) is 6.97. The molecule has 9 heteroatoms. The summed E-state index contributed by atoms with van der Waals surface area (Å²) in [4.78, 5) is 24.2. The van der Waals surface area contributed by atoms with Crippen molar-refractivity contribution in [2.75, 3.05) is 25.0 Å². The summed E-state index contributed by atoms with van der Waals surface area (Å²) in [6, 6.07) is 7.89. The second-order valence-corrected chi connectivity index (χ2v) is 8.91. The maximum atomic E-state index is 12.9. The first-order chi connectivity index (χ1) is 13.9. The Labute approximate surface area is 170 Å². The molecular formula is C20H25N3O5S. The highest BCUT2D eigenvalue weighted by Crippen LogP contribution is 2.25. The van der Waals surface area contributed by atoms with E-state index >= 15 is 0 Å². The standard InChI is InChI=1S/C20H25N3O5S/c1-15-7-8-16(29(26,27)23-11-3-2-4-12-23)14-17(15)22-19(24)9-10-21-20(25)18-6-5-13-28-18/h5-8,13-14H,2-4,9-12H2,1H3,(H,21,25)(H,22,24). The van der Waals surface area contributed by atoms with Crippen molar-refractivity contribution in [2.45, 2.75) is 37.5 Å². The number of benzene rings is 1. The number of sulfonamides is 1. The summed E-state index contributed by atoms with van der Waals surface area (Å²) in [5.74, 6) is -0.536. The van der Waals surface area contributed by atoms with Crippen LogP contribution in [0.3, 0.4) is 0 Å². The molecule has 29 heavy (non-hydrogen) atoms. The zero-order valence-electron chi connectivity index (χ0n) is 16.3. The molecule has 0 atom stereocenters. The van der Waals surface area contributed by atoms with Crippen molar-refractivity contribution in [3.05, 3.63) is 47.9 Å². The first-order valence-electron chi connectivity index (χ1n) is 9.60. The average molecular weight is 420 g/mol. The molecule has 8 nitrogen and oxygen atoms in total. The highest BCUT2D eigenvalue weighted by Gasteiger charge is 2.26. The van der Waals surface area contributed by atoms with Gasteiger partial charge in [0, 0.05) is 31.7 Å². The Hall–Kier alpha value is -2.65. The molecule has 3 rings (SSSR count). The minimum Gasteiger partial charge on any atom is -0.459 e. The van der Waals surface area contributed by atoms with Crippen molar-refractivity contribution in [2.24, 2.45) is 0 Å². The smallest absolute Gasteiger partial charge is 0.286 e. The number of nitrogens with one attached hydrogen (secondary N) is 2. The van der Waals surface area contributed by atoms with Gasteiger partial charge in [0.05, 0.1) is 11.2 Å². The number of carbonyl (C=O) groups excluding carboxylic acids is 2. The SMILES string of the molecule is Cc1ccc(S(=O)(=O)N2CCCCC2)cc1NC(=O)CCNC(=O)c1ccco1. The van der Waals surface area contributed by atoms with Crippen LogP contribution in [0.15, 0.2) is 45.9 Å². The van der Waals surface area contributed by atoms with Gasteiger partial charge in [0.25, 0.3) is 5.91 Å². The van der Waals surface area contributed by atoms with E-state index in [4.69, 9.17) is 4.42 Å². The molecule has 2 N–H and O–H groups in total. The molecule has 0 aliphatic carbocycles. The van der Waals surface area contributed by atoms with Gasteiger partial charge >= 0.3 is 0 Å². The lowest BCUT2D eigenvalue weighted by atomic mass is 10.2. The van der Waals surface area contributed by atoms with E-state index in [9.17, 15) is 18.0 Å². The van der Waals surface area contributed by atoms with Gasteiger partial charge in [-0.1, -0.05) is 12.5 Å². The van der Waals surface area contributed by atoms with E-state index in [1.54, 1.807) is 25.1 Å². The molecule has 1 aliphatic rings. The van der Waals surface area contributed by atoms with E-state index < -0.39 is 15.9 Å². The van der Waals surface area contributed by atoms with Gasteiger partial charge in [-0.05, 0) is 49.6 Å². The van der Waals surface area contributed by atoms with Gasteiger partial charge in [-0.15, -0.1) is 0 Å². The zero-order chi connectivity index (χ0) is 20.9. The number of anilines is 1. The summed E-state index contributed by atoms with van der Waals surface area (Å²) >= 11 is 0. The number of hydrogen-bond acceptors (Lipinski definition) is 5. The topological polar surface area (TPSA) is 109 Å². The fourth-order valence-electron chi connectivity index (χ4n) is 3.15. The van der Waals surface area contributed by atoms with Crippen LogP contribution in [0.4, 0.5) is 5.69 Å². The molecule has 156 valence electrons. The van der Waals surface area contributed by atoms with E-state index in [0.717, 1.165) is 24.8 Å². The van der Waals surface area contributed by atoms with Crippen LogP contribution in [0.5, 0.6) is 0 Å². The van der Waals surface area contributed by atoms with Crippen LogP contribution >= 0.6 is 0 Å². The van der Waals surface area contributed by atoms with Crippen molar-refractivity contribution < 1.29 is 22.4 Å². The van der Waals surface area contributed by atoms with Crippen LogP contribution in [-0.4, -0.2) is 44.2 Å². The summed E-state index contributed by atoms with van der Waals surface area (Å²) in [5, 5.41) is 5.34. The summed E-state index contributed by atoms with van der Waals surface area (Å²) in [5.41, 5.74) is 1.21. The largest absolute Gasteiger partial charge is 0.459 e. The minimum absolute atomic E-state index is 0.0506. The number of piperidine rings is 1. The predicted molar refractivity (Wildman–Crippen MR) is 108 cm³/mol. The Balaban J connectivity index is 1.60. The Morgan fingerprint density at radius 1 is 1.14 bits per heavy atom. The van der Waals surface area contributed by atoms with Crippen LogP contribution in [0.25, 0.3) is 0 Å². The molecule has 1 aromatic carbocycles. The molecular weight excluding hydrogens is 394 g/mol. The third kappa shape index (κ3) is 5.24. The summed E-state index contributed by atoms with van der Waals surface area (Å²) < 4.78 is 32.2. The van der Waals surface area contributed by atoms with E-state index in [-0.39, 0.29) is 29.5 Å². The summed E-state index contributed by atoms with van der Waals surface area (Å²) in [6.07, 6.45) is 4.21. The first kappa shape index (κ1) is 21.1. The molecule has 2 amide bonds. The Morgan fingerprint density at radius 2 is 1.90 bits per heavy atom. The second kappa shape index (κ2) is 9.23. The Morgan fingerprint density at radius 3 is 2.59 bits per heavy atom. The highest BCUT2D eigenvalue weighted by molar-refractivity contribution is 7.89. The van der Waals surface area contributed by atoms with Crippen LogP contribution in [0.1, 0.15) is 41.8 Å². The third-order valence-electron chi connectivity index (χ3n) is 4.82. The maximum Gasteiger partial charge on any atom is 0.286 e. The molecule has 1 aliphatic heterocycles. The highest BCUT2D eigenvalue weighted by atomic mass is 32.2. The average Bonchev–Trinajstić information content (AvgIpc) is 3.25. The molecule has 1 aromatic heterocycles.